The zero-order valence-electron chi connectivity index (χ0n) is 12.4. The topological polar surface area (TPSA) is 66.4 Å². The Hall–Kier alpha value is -1.84. The number of nitrogens with one attached hydrogen (secondary N) is 1. The lowest BCUT2D eigenvalue weighted by atomic mass is 9.96. The standard InChI is InChI=1S/C16H23NO3/c1-4-10-16(3,15(19)20)17-14(18)9-8-13-7-5-6-12(2)11-13/h5-7,11H,4,8-10H2,1-3H3,(H,17,18)(H,19,20). The Morgan fingerprint density at radius 1 is 1.35 bits per heavy atom. The van der Waals surface area contributed by atoms with Gasteiger partial charge in [-0.25, -0.2) is 4.79 Å². The SMILES string of the molecule is CCCC(C)(NC(=O)CCc1cccc(C)c1)C(=O)O. The molecule has 4 nitrogen and oxygen atoms in total. The van der Waals surface area contributed by atoms with Crippen molar-refractivity contribution in [3.8, 4) is 0 Å². The van der Waals surface area contributed by atoms with Gasteiger partial charge in [0.25, 0.3) is 0 Å². The quantitative estimate of drug-likeness (QED) is 0.805. The molecule has 20 heavy (non-hydrogen) atoms. The van der Waals surface area contributed by atoms with Gasteiger partial charge in [-0.05, 0) is 32.3 Å². The minimum atomic E-state index is -1.17. The van der Waals surface area contributed by atoms with E-state index in [2.05, 4.69) is 5.32 Å². The lowest BCUT2D eigenvalue weighted by Crippen LogP contribution is -2.52. The van der Waals surface area contributed by atoms with Crippen molar-refractivity contribution in [3.63, 3.8) is 0 Å². The molecule has 0 radical (unpaired) electrons. The highest BCUT2D eigenvalue weighted by Crippen LogP contribution is 2.13. The average molecular weight is 277 g/mol. The first-order valence-corrected chi connectivity index (χ1v) is 6.97. The van der Waals surface area contributed by atoms with Crippen molar-refractivity contribution in [2.24, 2.45) is 0 Å². The first-order chi connectivity index (χ1) is 9.37. The van der Waals surface area contributed by atoms with Gasteiger partial charge in [-0.2, -0.15) is 0 Å². The Morgan fingerprint density at radius 3 is 2.60 bits per heavy atom. The Morgan fingerprint density at radius 2 is 2.05 bits per heavy atom. The Kier molecular flexibility index (Phi) is 5.74. The van der Waals surface area contributed by atoms with Crippen LogP contribution in [0.15, 0.2) is 24.3 Å². The zero-order chi connectivity index (χ0) is 15.2. The lowest BCUT2D eigenvalue weighted by molar-refractivity contribution is -0.147. The molecule has 110 valence electrons. The fraction of sp³-hybridized carbons (Fsp3) is 0.500. The summed E-state index contributed by atoms with van der Waals surface area (Å²) in [5.41, 5.74) is 1.08. The largest absolute Gasteiger partial charge is 0.480 e. The molecule has 2 N–H and O–H groups in total. The predicted octanol–water partition coefficient (Wildman–Crippen LogP) is 2.69. The van der Waals surface area contributed by atoms with E-state index >= 15 is 0 Å². The molecule has 0 spiro atoms. The van der Waals surface area contributed by atoms with Crippen LogP contribution in [0.25, 0.3) is 0 Å². The number of aliphatic carboxylic acids is 1. The Labute approximate surface area is 120 Å². The molecule has 0 fully saturated rings. The molecule has 1 atom stereocenters. The number of carboxylic acid groups (broad SMARTS) is 1. The van der Waals surface area contributed by atoms with E-state index in [4.69, 9.17) is 0 Å². The Bertz CT molecular complexity index is 484. The summed E-state index contributed by atoms with van der Waals surface area (Å²) in [5, 5.41) is 11.9. The van der Waals surface area contributed by atoms with Gasteiger partial charge in [0, 0.05) is 6.42 Å². The van der Waals surface area contributed by atoms with Crippen LogP contribution < -0.4 is 5.32 Å². The summed E-state index contributed by atoms with van der Waals surface area (Å²) in [4.78, 5) is 23.2. The second-order valence-corrected chi connectivity index (χ2v) is 5.42. The monoisotopic (exact) mass is 277 g/mol. The van der Waals surface area contributed by atoms with Gasteiger partial charge in [-0.1, -0.05) is 43.2 Å². The number of aryl methyl sites for hydroxylation is 2. The molecule has 0 saturated carbocycles. The highest BCUT2D eigenvalue weighted by molar-refractivity contribution is 5.86. The number of amides is 1. The van der Waals surface area contributed by atoms with Crippen molar-refractivity contribution in [1.29, 1.82) is 0 Å². The van der Waals surface area contributed by atoms with Crippen molar-refractivity contribution in [1.82, 2.24) is 5.32 Å². The molecule has 0 heterocycles. The first kappa shape index (κ1) is 16.2. The molecule has 4 heteroatoms. The maximum Gasteiger partial charge on any atom is 0.329 e. The maximum absolute atomic E-state index is 11.9. The van der Waals surface area contributed by atoms with Gasteiger partial charge in [-0.15, -0.1) is 0 Å². The molecule has 0 bridgehead atoms. The van der Waals surface area contributed by atoms with Crippen LogP contribution in [0.4, 0.5) is 0 Å². The van der Waals surface area contributed by atoms with Gasteiger partial charge in [-0.3, -0.25) is 4.79 Å². The smallest absolute Gasteiger partial charge is 0.329 e. The molecule has 1 amide bonds. The molecular weight excluding hydrogens is 254 g/mol. The first-order valence-electron chi connectivity index (χ1n) is 6.97. The third-order valence-electron chi connectivity index (χ3n) is 3.36. The number of carbonyl (C=O) groups excluding carboxylic acids is 1. The highest BCUT2D eigenvalue weighted by atomic mass is 16.4. The summed E-state index contributed by atoms with van der Waals surface area (Å²) < 4.78 is 0. The number of carboxylic acids is 1. The van der Waals surface area contributed by atoms with Gasteiger partial charge < -0.3 is 10.4 Å². The van der Waals surface area contributed by atoms with Crippen molar-refractivity contribution < 1.29 is 14.7 Å². The van der Waals surface area contributed by atoms with Crippen LogP contribution in [0.2, 0.25) is 0 Å². The molecule has 0 aromatic heterocycles. The third-order valence-corrected chi connectivity index (χ3v) is 3.36. The van der Waals surface area contributed by atoms with Crippen LogP contribution in [0, 0.1) is 6.92 Å². The zero-order valence-corrected chi connectivity index (χ0v) is 12.4. The minimum Gasteiger partial charge on any atom is -0.480 e. The molecule has 0 aliphatic heterocycles. The second-order valence-electron chi connectivity index (χ2n) is 5.42. The van der Waals surface area contributed by atoms with E-state index < -0.39 is 11.5 Å². The van der Waals surface area contributed by atoms with Crippen molar-refractivity contribution in [2.45, 2.75) is 52.0 Å². The molecular formula is C16H23NO3. The molecule has 1 unspecified atom stereocenters. The second kappa shape index (κ2) is 7.08. The van der Waals surface area contributed by atoms with E-state index in [0.717, 1.165) is 11.1 Å². The van der Waals surface area contributed by atoms with Crippen LogP contribution in [0.5, 0.6) is 0 Å². The van der Waals surface area contributed by atoms with Crippen LogP contribution in [0.1, 0.15) is 44.2 Å². The average Bonchev–Trinajstić information content (AvgIpc) is 2.36. The fourth-order valence-electron chi connectivity index (χ4n) is 2.22. The molecule has 0 saturated heterocycles. The van der Waals surface area contributed by atoms with E-state index in [9.17, 15) is 14.7 Å². The minimum absolute atomic E-state index is 0.218. The van der Waals surface area contributed by atoms with Crippen LogP contribution in [-0.4, -0.2) is 22.5 Å². The van der Waals surface area contributed by atoms with E-state index in [1.807, 2.05) is 38.1 Å². The number of carbonyl (C=O) groups is 2. The number of hydrogen-bond acceptors (Lipinski definition) is 2. The fourth-order valence-corrected chi connectivity index (χ4v) is 2.22. The van der Waals surface area contributed by atoms with Crippen molar-refractivity contribution >= 4 is 11.9 Å². The summed E-state index contributed by atoms with van der Waals surface area (Å²) in [6.45, 7) is 5.47. The van der Waals surface area contributed by atoms with E-state index in [1.165, 1.54) is 0 Å². The predicted molar refractivity (Wildman–Crippen MR) is 78.6 cm³/mol. The maximum atomic E-state index is 11.9. The van der Waals surface area contributed by atoms with E-state index in [1.54, 1.807) is 6.92 Å². The van der Waals surface area contributed by atoms with Crippen LogP contribution in [0.3, 0.4) is 0 Å². The van der Waals surface area contributed by atoms with Crippen LogP contribution in [-0.2, 0) is 16.0 Å². The van der Waals surface area contributed by atoms with E-state index in [0.29, 0.717) is 25.7 Å². The molecule has 1 rings (SSSR count). The third kappa shape index (κ3) is 4.68. The summed E-state index contributed by atoms with van der Waals surface area (Å²) >= 11 is 0. The van der Waals surface area contributed by atoms with Crippen molar-refractivity contribution in [3.05, 3.63) is 35.4 Å². The summed E-state index contributed by atoms with van der Waals surface area (Å²) in [6.07, 6.45) is 2.06. The molecule has 1 aromatic rings. The number of benzene rings is 1. The van der Waals surface area contributed by atoms with Gasteiger partial charge in [0.05, 0.1) is 0 Å². The number of hydrogen-bond donors (Lipinski definition) is 2. The van der Waals surface area contributed by atoms with Gasteiger partial charge in [0.1, 0.15) is 5.54 Å². The van der Waals surface area contributed by atoms with Crippen LogP contribution >= 0.6 is 0 Å². The number of rotatable bonds is 7. The Balaban J connectivity index is 2.56. The molecule has 1 aromatic carbocycles. The van der Waals surface area contributed by atoms with E-state index in [-0.39, 0.29) is 5.91 Å². The molecule has 0 aliphatic carbocycles. The van der Waals surface area contributed by atoms with Gasteiger partial charge >= 0.3 is 5.97 Å². The summed E-state index contributed by atoms with van der Waals surface area (Å²) in [5.74, 6) is -1.20. The summed E-state index contributed by atoms with van der Waals surface area (Å²) in [6, 6.07) is 7.98. The van der Waals surface area contributed by atoms with Crippen molar-refractivity contribution in [2.75, 3.05) is 0 Å². The lowest BCUT2D eigenvalue weighted by Gasteiger charge is -2.25. The normalized spacial score (nSPS) is 13.6. The van der Waals surface area contributed by atoms with Gasteiger partial charge in [0.15, 0.2) is 0 Å². The highest BCUT2D eigenvalue weighted by Gasteiger charge is 2.33. The summed E-state index contributed by atoms with van der Waals surface area (Å²) in [7, 11) is 0. The van der Waals surface area contributed by atoms with Gasteiger partial charge in [0.2, 0.25) is 5.91 Å². The molecule has 0 aliphatic rings.